The van der Waals surface area contributed by atoms with E-state index >= 15 is 0 Å². The summed E-state index contributed by atoms with van der Waals surface area (Å²) in [5.41, 5.74) is 16.2. The van der Waals surface area contributed by atoms with Crippen molar-refractivity contribution < 1.29 is 52.3 Å². The SMILES string of the molecule is CC(C)(C)c1cc(-c2cccc(-n3c4ccccc4c4ccc(-c5[c-]cccc5)nc43)n2)c(O)c(C(C)(C)C)c1.Cc1c(C)n(-c2[c-]c(-c3ccccn3)ccc2)c2nc(-c3cc(C(C)(C)C)cc(C(C)(C)C)c3O)ccc12.[Pt].[Pt]. The van der Waals surface area contributed by atoms with Crippen LogP contribution in [0.25, 0.3) is 89.5 Å². The molecule has 414 valence electrons. The number of aromatic nitrogens is 6. The molecule has 0 saturated carbocycles. The summed E-state index contributed by atoms with van der Waals surface area (Å²) in [4.78, 5) is 20.0. The van der Waals surface area contributed by atoms with E-state index in [1.165, 1.54) is 16.7 Å². The first-order valence-electron chi connectivity index (χ1n) is 26.9. The number of hydrogen-bond donors (Lipinski definition) is 2. The van der Waals surface area contributed by atoms with Gasteiger partial charge < -0.3 is 19.8 Å². The van der Waals surface area contributed by atoms with Gasteiger partial charge in [0.05, 0.1) is 16.9 Å². The fourth-order valence-corrected chi connectivity index (χ4v) is 10.3. The van der Waals surface area contributed by atoms with E-state index in [-0.39, 0.29) is 69.5 Å². The van der Waals surface area contributed by atoms with Gasteiger partial charge >= 0.3 is 0 Å². The van der Waals surface area contributed by atoms with Gasteiger partial charge in [0, 0.05) is 92.4 Å². The monoisotopic (exact) mass is 1420 g/mol. The van der Waals surface area contributed by atoms with Crippen molar-refractivity contribution in [3.05, 3.63) is 203 Å². The smallest absolute Gasteiger partial charge is 0.144 e. The first-order valence-corrected chi connectivity index (χ1v) is 26.9. The van der Waals surface area contributed by atoms with E-state index in [0.29, 0.717) is 5.75 Å². The van der Waals surface area contributed by atoms with Crippen molar-refractivity contribution >= 4 is 33.0 Å². The van der Waals surface area contributed by atoms with Crippen LogP contribution >= 0.6 is 0 Å². The van der Waals surface area contributed by atoms with E-state index in [4.69, 9.17) is 15.0 Å². The number of para-hydroxylation sites is 1. The van der Waals surface area contributed by atoms with Crippen molar-refractivity contribution in [3.63, 3.8) is 0 Å². The van der Waals surface area contributed by atoms with Gasteiger partial charge in [-0.1, -0.05) is 144 Å². The maximum absolute atomic E-state index is 11.5. The average Bonchev–Trinajstić information content (AvgIpc) is 4.03. The van der Waals surface area contributed by atoms with Crippen molar-refractivity contribution in [2.45, 2.75) is 119 Å². The van der Waals surface area contributed by atoms with Crippen LogP contribution in [0.2, 0.25) is 0 Å². The van der Waals surface area contributed by atoms with E-state index in [1.54, 1.807) is 6.20 Å². The number of aromatic hydroxyl groups is 2. The Morgan fingerprint density at radius 1 is 0.450 bits per heavy atom. The predicted molar refractivity (Wildman–Crippen MR) is 322 cm³/mol. The van der Waals surface area contributed by atoms with Crippen molar-refractivity contribution in [1.82, 2.24) is 29.1 Å². The molecule has 80 heavy (non-hydrogen) atoms. The Morgan fingerprint density at radius 3 is 1.59 bits per heavy atom. The third kappa shape index (κ3) is 11.5. The zero-order valence-corrected chi connectivity index (χ0v) is 52.8. The number of hydrogen-bond acceptors (Lipinski definition) is 6. The summed E-state index contributed by atoms with van der Waals surface area (Å²) in [6.07, 6.45) is 1.80. The zero-order chi connectivity index (χ0) is 55.6. The Kier molecular flexibility index (Phi) is 16.6. The molecule has 2 N–H and O–H groups in total. The van der Waals surface area contributed by atoms with Gasteiger partial charge in [-0.3, -0.25) is 9.55 Å². The second-order valence-corrected chi connectivity index (χ2v) is 24.7. The second kappa shape index (κ2) is 22.5. The summed E-state index contributed by atoms with van der Waals surface area (Å²) in [6, 6.07) is 57.9. The van der Waals surface area contributed by atoms with Crippen LogP contribution < -0.4 is 0 Å². The standard InChI is InChI=1S/C36H34N3O.C34H36N3O.2Pt/c1-35(2,3)24-21-27(33(40)28(22-24)36(4,5)6)30-16-12-18-32(37-30)39-31-17-11-10-15-25(31)26-19-20-29(38-34(26)39)23-13-8-7-9-14-23;1-21-22(2)37(25-13-11-12-23(18-25)29-14-9-10-17-35-29)32-26(21)15-16-30(36-32)27-19-24(33(3,4)5)20-28(31(27)38)34(6,7)8;;/h7-13,15-22,40H,1-6H3;9-17,19-20,38H,1-8H3;;/q2*-1;;. The molecule has 0 unspecified atom stereocenters. The van der Waals surface area contributed by atoms with Gasteiger partial charge in [-0.2, -0.15) is 0 Å². The van der Waals surface area contributed by atoms with Crippen molar-refractivity contribution in [2.24, 2.45) is 0 Å². The molecule has 11 aromatic rings. The first-order chi connectivity index (χ1) is 36.9. The molecule has 0 radical (unpaired) electrons. The molecule has 0 aliphatic heterocycles. The molecule has 11 rings (SSSR count). The Morgan fingerprint density at radius 2 is 0.988 bits per heavy atom. The molecule has 10 heteroatoms. The topological polar surface area (TPSA) is 102 Å². The fourth-order valence-electron chi connectivity index (χ4n) is 10.3. The molecule has 6 aromatic heterocycles. The maximum Gasteiger partial charge on any atom is 0.144 e. The number of phenols is 2. The largest absolute Gasteiger partial charge is 0.507 e. The van der Waals surface area contributed by atoms with E-state index in [1.807, 2.05) is 84.9 Å². The maximum atomic E-state index is 11.5. The van der Waals surface area contributed by atoms with Crippen LogP contribution in [0, 0.1) is 26.0 Å². The van der Waals surface area contributed by atoms with Gasteiger partial charge in [-0.05, 0) is 118 Å². The van der Waals surface area contributed by atoms with Crippen LogP contribution in [0.4, 0.5) is 0 Å². The van der Waals surface area contributed by atoms with Gasteiger partial charge in [0.25, 0.3) is 0 Å². The quantitative estimate of drug-likeness (QED) is 0.161. The molecule has 0 amide bonds. The molecule has 8 nitrogen and oxygen atoms in total. The summed E-state index contributed by atoms with van der Waals surface area (Å²) in [6.45, 7) is 30.3. The number of aryl methyl sites for hydroxylation is 1. The van der Waals surface area contributed by atoms with Gasteiger partial charge in [0.2, 0.25) is 0 Å². The molecule has 0 bridgehead atoms. The van der Waals surface area contributed by atoms with Crippen molar-refractivity contribution in [3.8, 4) is 68.0 Å². The van der Waals surface area contributed by atoms with E-state index < -0.39 is 0 Å². The number of nitrogens with zero attached hydrogens (tertiary/aromatic N) is 6. The van der Waals surface area contributed by atoms with Gasteiger partial charge in [0.1, 0.15) is 28.6 Å². The van der Waals surface area contributed by atoms with E-state index in [9.17, 15) is 10.2 Å². The molecule has 0 spiro atoms. The minimum absolute atomic E-state index is 0. The van der Waals surface area contributed by atoms with Crippen molar-refractivity contribution in [1.29, 1.82) is 0 Å². The van der Waals surface area contributed by atoms with E-state index in [2.05, 4.69) is 190 Å². The van der Waals surface area contributed by atoms with Crippen molar-refractivity contribution in [2.75, 3.05) is 0 Å². The number of rotatable bonds is 6. The van der Waals surface area contributed by atoms with Crippen LogP contribution in [0.1, 0.15) is 117 Å². The Bertz CT molecular complexity index is 4060. The predicted octanol–water partition coefficient (Wildman–Crippen LogP) is 17.5. The van der Waals surface area contributed by atoms with Gasteiger partial charge in [0.15, 0.2) is 0 Å². The normalized spacial score (nSPS) is 12.0. The third-order valence-corrected chi connectivity index (χ3v) is 14.9. The van der Waals surface area contributed by atoms with Gasteiger partial charge in [-0.25, -0.2) is 9.97 Å². The summed E-state index contributed by atoms with van der Waals surface area (Å²) >= 11 is 0. The summed E-state index contributed by atoms with van der Waals surface area (Å²) in [5, 5.41) is 26.3. The third-order valence-electron chi connectivity index (χ3n) is 14.9. The molecular formula is C70H70N6O2Pt2-2. The molecule has 0 aliphatic carbocycles. The summed E-state index contributed by atoms with van der Waals surface area (Å²) in [7, 11) is 0. The fraction of sp³-hybridized carbons (Fsp3) is 0.257. The number of fused-ring (bicyclic) bond motifs is 4. The first kappa shape index (κ1) is 59.1. The zero-order valence-electron chi connectivity index (χ0n) is 48.2. The van der Waals surface area contributed by atoms with Gasteiger partial charge in [-0.15, -0.1) is 65.7 Å². The van der Waals surface area contributed by atoms with Crippen LogP contribution in [-0.4, -0.2) is 39.3 Å². The molecular weight excluding hydrogens is 1350 g/mol. The minimum atomic E-state index is -0.223. The average molecular weight is 1420 g/mol. The molecule has 6 heterocycles. The Hall–Kier alpha value is -6.98. The van der Waals surface area contributed by atoms with Crippen LogP contribution in [0.3, 0.4) is 0 Å². The second-order valence-electron chi connectivity index (χ2n) is 24.7. The minimum Gasteiger partial charge on any atom is -0.507 e. The molecule has 0 fully saturated rings. The van der Waals surface area contributed by atoms with Crippen LogP contribution in [-0.2, 0) is 63.8 Å². The Balaban J connectivity index is 0.000000205. The molecule has 0 atom stereocenters. The molecule has 0 saturated heterocycles. The number of phenolic OH excluding ortho intramolecular Hbond substituents is 2. The van der Waals surface area contributed by atoms with Crippen LogP contribution in [0.15, 0.2) is 158 Å². The van der Waals surface area contributed by atoms with Crippen LogP contribution in [0.5, 0.6) is 11.5 Å². The number of pyridine rings is 4. The Labute approximate surface area is 501 Å². The number of benzene rings is 5. The summed E-state index contributed by atoms with van der Waals surface area (Å²) in [5.74, 6) is 1.34. The summed E-state index contributed by atoms with van der Waals surface area (Å²) < 4.78 is 4.28. The molecule has 0 aliphatic rings. The van der Waals surface area contributed by atoms with E-state index in [0.717, 1.165) is 106 Å². The molecule has 5 aromatic carbocycles.